The van der Waals surface area contributed by atoms with Crippen molar-refractivity contribution in [2.75, 3.05) is 0 Å². The third-order valence-corrected chi connectivity index (χ3v) is 6.08. The summed E-state index contributed by atoms with van der Waals surface area (Å²) < 4.78 is 0. The van der Waals surface area contributed by atoms with E-state index in [4.69, 9.17) is 4.98 Å². The summed E-state index contributed by atoms with van der Waals surface area (Å²) >= 11 is 4.00. The predicted molar refractivity (Wildman–Crippen MR) is 82.4 cm³/mol. The second-order valence-electron chi connectivity index (χ2n) is 5.37. The van der Waals surface area contributed by atoms with Crippen molar-refractivity contribution in [2.24, 2.45) is 0 Å². The molecule has 102 valence electrons. The minimum absolute atomic E-state index is 0.544. The van der Waals surface area contributed by atoms with Crippen LogP contribution in [0.15, 0.2) is 0 Å². The molecule has 1 heterocycles. The summed E-state index contributed by atoms with van der Waals surface area (Å²) in [4.78, 5) is 6.12. The molecule has 1 N–H and O–H groups in total. The molecule has 1 aliphatic carbocycles. The van der Waals surface area contributed by atoms with Gasteiger partial charge in [-0.25, -0.2) is 4.98 Å². The SMILES string of the molecule is Cc1nc(CSC2CCCC2)sc1CNC(C)C. The highest BCUT2D eigenvalue weighted by Gasteiger charge is 2.16. The smallest absolute Gasteiger partial charge is 0.103 e. The Morgan fingerprint density at radius 1 is 1.39 bits per heavy atom. The van der Waals surface area contributed by atoms with Crippen molar-refractivity contribution in [2.45, 2.75) is 70.0 Å². The molecule has 0 aliphatic heterocycles. The van der Waals surface area contributed by atoms with Gasteiger partial charge >= 0.3 is 0 Å². The number of rotatable bonds is 6. The number of thioether (sulfide) groups is 1. The van der Waals surface area contributed by atoms with Gasteiger partial charge in [-0.15, -0.1) is 11.3 Å². The average molecular weight is 284 g/mol. The van der Waals surface area contributed by atoms with Gasteiger partial charge in [-0.1, -0.05) is 26.7 Å². The molecule has 1 aliphatic rings. The Morgan fingerprint density at radius 2 is 2.11 bits per heavy atom. The number of aryl methyl sites for hydroxylation is 1. The molecule has 0 spiro atoms. The Labute approximate surface area is 119 Å². The van der Waals surface area contributed by atoms with E-state index >= 15 is 0 Å². The van der Waals surface area contributed by atoms with Gasteiger partial charge in [0.2, 0.25) is 0 Å². The van der Waals surface area contributed by atoms with Crippen molar-refractivity contribution in [3.8, 4) is 0 Å². The Morgan fingerprint density at radius 3 is 2.78 bits per heavy atom. The Kier molecular flexibility index (Phi) is 5.52. The number of thiazole rings is 1. The van der Waals surface area contributed by atoms with Crippen LogP contribution in [0, 0.1) is 6.92 Å². The maximum Gasteiger partial charge on any atom is 0.103 e. The fourth-order valence-electron chi connectivity index (χ4n) is 2.26. The highest BCUT2D eigenvalue weighted by molar-refractivity contribution is 7.99. The molecule has 18 heavy (non-hydrogen) atoms. The summed E-state index contributed by atoms with van der Waals surface area (Å²) in [6.45, 7) is 7.48. The first-order valence-corrected chi connectivity index (χ1v) is 8.82. The number of nitrogens with zero attached hydrogens (tertiary/aromatic N) is 1. The highest BCUT2D eigenvalue weighted by Crippen LogP contribution is 2.32. The maximum absolute atomic E-state index is 4.71. The summed E-state index contributed by atoms with van der Waals surface area (Å²) in [6.07, 6.45) is 5.68. The van der Waals surface area contributed by atoms with Gasteiger partial charge in [0.15, 0.2) is 0 Å². The van der Waals surface area contributed by atoms with Crippen LogP contribution in [-0.4, -0.2) is 16.3 Å². The Hall–Kier alpha value is -0.0600. The number of hydrogen-bond acceptors (Lipinski definition) is 4. The van der Waals surface area contributed by atoms with Crippen LogP contribution in [0.5, 0.6) is 0 Å². The summed E-state index contributed by atoms with van der Waals surface area (Å²) in [7, 11) is 0. The molecule has 0 aromatic carbocycles. The van der Waals surface area contributed by atoms with Gasteiger partial charge in [0.1, 0.15) is 5.01 Å². The van der Waals surface area contributed by atoms with Crippen LogP contribution in [0.25, 0.3) is 0 Å². The van der Waals surface area contributed by atoms with Crippen molar-refractivity contribution in [1.82, 2.24) is 10.3 Å². The van der Waals surface area contributed by atoms with E-state index in [9.17, 15) is 0 Å². The second kappa shape index (κ2) is 6.92. The third kappa shape index (κ3) is 4.25. The fraction of sp³-hybridized carbons (Fsp3) is 0.786. The van der Waals surface area contributed by atoms with E-state index in [1.165, 1.54) is 41.3 Å². The summed E-state index contributed by atoms with van der Waals surface area (Å²) in [5, 5.41) is 5.68. The largest absolute Gasteiger partial charge is 0.310 e. The molecule has 0 unspecified atom stereocenters. The molecule has 2 nitrogen and oxygen atoms in total. The highest BCUT2D eigenvalue weighted by atomic mass is 32.2. The van der Waals surface area contributed by atoms with E-state index in [-0.39, 0.29) is 0 Å². The first kappa shape index (κ1) is 14.4. The molecule has 0 amide bonds. The van der Waals surface area contributed by atoms with E-state index in [0.29, 0.717) is 6.04 Å². The van der Waals surface area contributed by atoms with Gasteiger partial charge in [0, 0.05) is 28.5 Å². The van der Waals surface area contributed by atoms with Crippen LogP contribution in [0.4, 0.5) is 0 Å². The van der Waals surface area contributed by atoms with E-state index in [2.05, 4.69) is 37.8 Å². The zero-order valence-electron chi connectivity index (χ0n) is 11.7. The molecule has 0 saturated heterocycles. The molecule has 0 radical (unpaired) electrons. The number of hydrogen-bond donors (Lipinski definition) is 1. The van der Waals surface area contributed by atoms with Gasteiger partial charge in [-0.05, 0) is 19.8 Å². The molecule has 1 saturated carbocycles. The molecule has 2 rings (SSSR count). The third-order valence-electron chi connectivity index (χ3n) is 3.35. The fourth-order valence-corrected chi connectivity index (χ4v) is 4.62. The summed E-state index contributed by atoms with van der Waals surface area (Å²) in [5.74, 6) is 1.11. The molecule has 4 heteroatoms. The lowest BCUT2D eigenvalue weighted by molar-refractivity contribution is 0.591. The van der Waals surface area contributed by atoms with E-state index in [1.807, 2.05) is 11.3 Å². The van der Waals surface area contributed by atoms with Crippen molar-refractivity contribution >= 4 is 23.1 Å². The van der Waals surface area contributed by atoms with Crippen LogP contribution in [-0.2, 0) is 12.3 Å². The van der Waals surface area contributed by atoms with E-state index < -0.39 is 0 Å². The Balaban J connectivity index is 1.83. The normalized spacial score (nSPS) is 16.9. The van der Waals surface area contributed by atoms with Gasteiger partial charge in [-0.2, -0.15) is 11.8 Å². The molecule has 1 aromatic heterocycles. The topological polar surface area (TPSA) is 24.9 Å². The number of nitrogens with one attached hydrogen (secondary N) is 1. The summed E-state index contributed by atoms with van der Waals surface area (Å²) in [5.41, 5.74) is 1.22. The van der Waals surface area contributed by atoms with Crippen LogP contribution < -0.4 is 5.32 Å². The average Bonchev–Trinajstić information content (AvgIpc) is 2.93. The lowest BCUT2D eigenvalue weighted by Gasteiger charge is -2.06. The van der Waals surface area contributed by atoms with Gasteiger partial charge in [0.25, 0.3) is 0 Å². The monoisotopic (exact) mass is 284 g/mol. The second-order valence-corrected chi connectivity index (χ2v) is 7.83. The van der Waals surface area contributed by atoms with Crippen LogP contribution in [0.2, 0.25) is 0 Å². The molecule has 1 fully saturated rings. The molecular weight excluding hydrogens is 260 g/mol. The summed E-state index contributed by atoms with van der Waals surface area (Å²) in [6, 6.07) is 0.544. The van der Waals surface area contributed by atoms with Crippen molar-refractivity contribution in [1.29, 1.82) is 0 Å². The maximum atomic E-state index is 4.71. The van der Waals surface area contributed by atoms with Crippen molar-refractivity contribution < 1.29 is 0 Å². The predicted octanol–water partition coefficient (Wildman–Crippen LogP) is 4.13. The van der Waals surface area contributed by atoms with Crippen molar-refractivity contribution in [3.63, 3.8) is 0 Å². The zero-order valence-corrected chi connectivity index (χ0v) is 13.3. The first-order valence-electron chi connectivity index (χ1n) is 6.95. The molecule has 0 atom stereocenters. The van der Waals surface area contributed by atoms with Crippen LogP contribution >= 0.6 is 23.1 Å². The minimum Gasteiger partial charge on any atom is -0.310 e. The van der Waals surface area contributed by atoms with Gasteiger partial charge < -0.3 is 5.32 Å². The molecular formula is C14H24N2S2. The minimum atomic E-state index is 0.544. The standard InChI is InChI=1S/C14H24N2S2/c1-10(2)15-8-13-11(3)16-14(18-13)9-17-12-6-4-5-7-12/h10,12,15H,4-9H2,1-3H3. The van der Waals surface area contributed by atoms with E-state index in [1.54, 1.807) is 0 Å². The lowest BCUT2D eigenvalue weighted by Crippen LogP contribution is -2.21. The van der Waals surface area contributed by atoms with Crippen LogP contribution in [0.3, 0.4) is 0 Å². The Bertz CT molecular complexity index is 368. The molecule has 0 bridgehead atoms. The lowest BCUT2D eigenvalue weighted by atomic mass is 10.3. The number of aromatic nitrogens is 1. The van der Waals surface area contributed by atoms with Gasteiger partial charge in [-0.3, -0.25) is 0 Å². The van der Waals surface area contributed by atoms with Crippen molar-refractivity contribution in [3.05, 3.63) is 15.6 Å². The van der Waals surface area contributed by atoms with Gasteiger partial charge in [0.05, 0.1) is 5.69 Å². The van der Waals surface area contributed by atoms with E-state index in [0.717, 1.165) is 17.5 Å². The first-order chi connectivity index (χ1) is 8.65. The zero-order chi connectivity index (χ0) is 13.0. The molecule has 1 aromatic rings. The quantitative estimate of drug-likeness (QED) is 0.850. The van der Waals surface area contributed by atoms with Crippen LogP contribution in [0.1, 0.15) is 55.1 Å².